The molecule has 0 bridgehead atoms. The van der Waals surface area contributed by atoms with Crippen LogP contribution < -0.4 is 11.1 Å². The maximum absolute atomic E-state index is 12.3. The monoisotopic (exact) mass is 302 g/mol. The van der Waals surface area contributed by atoms with Gasteiger partial charge in [-0.2, -0.15) is 0 Å². The first kappa shape index (κ1) is 15.7. The number of nitrogens with one attached hydrogen (secondary N) is 1. The Bertz CT molecular complexity index is 551. The Morgan fingerprint density at radius 1 is 1.19 bits per heavy atom. The fourth-order valence-corrected chi connectivity index (χ4v) is 3.20. The van der Waals surface area contributed by atoms with Crippen molar-refractivity contribution in [3.63, 3.8) is 0 Å². The second-order valence-electron chi connectivity index (χ2n) is 5.54. The molecule has 1 aromatic carbocycles. The number of rotatable bonds is 6. The van der Waals surface area contributed by atoms with Crippen LogP contribution in [0.1, 0.15) is 30.3 Å². The highest BCUT2D eigenvalue weighted by Gasteiger charge is 2.22. The summed E-state index contributed by atoms with van der Waals surface area (Å²) in [6.45, 7) is 4.21. The highest BCUT2D eigenvalue weighted by atomic mass is 32.1. The van der Waals surface area contributed by atoms with Gasteiger partial charge in [0, 0.05) is 4.88 Å². The molecule has 0 fully saturated rings. The van der Waals surface area contributed by atoms with E-state index in [1.807, 2.05) is 41.8 Å². The van der Waals surface area contributed by atoms with Crippen molar-refractivity contribution in [2.45, 2.75) is 32.4 Å². The van der Waals surface area contributed by atoms with Gasteiger partial charge in [-0.15, -0.1) is 11.3 Å². The fourth-order valence-electron chi connectivity index (χ4n) is 2.26. The predicted molar refractivity (Wildman–Crippen MR) is 88.2 cm³/mol. The van der Waals surface area contributed by atoms with Crippen LogP contribution in [-0.4, -0.2) is 11.9 Å². The highest BCUT2D eigenvalue weighted by molar-refractivity contribution is 7.10. The average molecular weight is 302 g/mol. The molecule has 1 heterocycles. The number of carbonyl (C=O) groups excluding carboxylic acids is 1. The van der Waals surface area contributed by atoms with E-state index in [2.05, 4.69) is 25.2 Å². The summed E-state index contributed by atoms with van der Waals surface area (Å²) in [6.07, 6.45) is 0.557. The zero-order valence-corrected chi connectivity index (χ0v) is 13.3. The van der Waals surface area contributed by atoms with E-state index in [9.17, 15) is 4.79 Å². The third-order valence-electron chi connectivity index (χ3n) is 3.45. The van der Waals surface area contributed by atoms with Crippen LogP contribution in [0.4, 0.5) is 0 Å². The summed E-state index contributed by atoms with van der Waals surface area (Å²) in [5.41, 5.74) is 7.12. The van der Waals surface area contributed by atoms with Crippen LogP contribution in [0.25, 0.3) is 0 Å². The van der Waals surface area contributed by atoms with Crippen molar-refractivity contribution in [2.75, 3.05) is 0 Å². The van der Waals surface area contributed by atoms with E-state index in [0.717, 1.165) is 5.56 Å². The second-order valence-corrected chi connectivity index (χ2v) is 6.52. The first-order valence-corrected chi connectivity index (χ1v) is 8.09. The van der Waals surface area contributed by atoms with Gasteiger partial charge in [-0.3, -0.25) is 4.79 Å². The standard InChI is InChI=1S/C17H22N2OS/c1-12(2)16(15-9-6-10-21-15)19-17(20)14(18)11-13-7-4-3-5-8-13/h3-10,12,14,16H,11,18H2,1-2H3,(H,19,20). The Morgan fingerprint density at radius 3 is 2.48 bits per heavy atom. The van der Waals surface area contributed by atoms with Crippen molar-refractivity contribution >= 4 is 17.2 Å². The van der Waals surface area contributed by atoms with Gasteiger partial charge in [0.05, 0.1) is 12.1 Å². The molecule has 0 aliphatic rings. The lowest BCUT2D eigenvalue weighted by atomic mass is 10.0. The van der Waals surface area contributed by atoms with E-state index in [0.29, 0.717) is 12.3 Å². The summed E-state index contributed by atoms with van der Waals surface area (Å²) in [5.74, 6) is 0.238. The molecule has 1 aromatic heterocycles. The van der Waals surface area contributed by atoms with Crippen LogP contribution in [0.15, 0.2) is 47.8 Å². The molecule has 0 aliphatic heterocycles. The topological polar surface area (TPSA) is 55.1 Å². The number of thiophene rings is 1. The van der Waals surface area contributed by atoms with Gasteiger partial charge in [0.15, 0.2) is 0 Å². The molecule has 0 saturated heterocycles. The van der Waals surface area contributed by atoms with E-state index in [-0.39, 0.29) is 11.9 Å². The van der Waals surface area contributed by atoms with Gasteiger partial charge in [0.25, 0.3) is 0 Å². The summed E-state index contributed by atoms with van der Waals surface area (Å²) >= 11 is 1.66. The molecule has 2 aromatic rings. The summed E-state index contributed by atoms with van der Waals surface area (Å²) in [7, 11) is 0. The first-order chi connectivity index (χ1) is 10.1. The van der Waals surface area contributed by atoms with Gasteiger partial charge < -0.3 is 11.1 Å². The largest absolute Gasteiger partial charge is 0.347 e. The second kappa shape index (κ2) is 7.38. The quantitative estimate of drug-likeness (QED) is 0.861. The zero-order chi connectivity index (χ0) is 15.2. The molecule has 0 saturated carbocycles. The number of amides is 1. The molecule has 3 nitrogen and oxygen atoms in total. The van der Waals surface area contributed by atoms with Crippen LogP contribution in [0, 0.1) is 5.92 Å². The Hall–Kier alpha value is -1.65. The average Bonchev–Trinajstić information content (AvgIpc) is 2.99. The van der Waals surface area contributed by atoms with Crippen LogP contribution in [0.3, 0.4) is 0 Å². The van der Waals surface area contributed by atoms with Crippen molar-refractivity contribution in [3.8, 4) is 0 Å². The summed E-state index contributed by atoms with van der Waals surface area (Å²) in [5, 5.41) is 5.11. The highest BCUT2D eigenvalue weighted by Crippen LogP contribution is 2.25. The molecule has 21 heavy (non-hydrogen) atoms. The van der Waals surface area contributed by atoms with E-state index in [1.165, 1.54) is 4.88 Å². The number of nitrogens with two attached hydrogens (primary N) is 1. The van der Waals surface area contributed by atoms with Gasteiger partial charge in [-0.25, -0.2) is 0 Å². The van der Waals surface area contributed by atoms with Crippen LogP contribution >= 0.6 is 11.3 Å². The number of hydrogen-bond acceptors (Lipinski definition) is 3. The maximum atomic E-state index is 12.3. The molecule has 0 aliphatic carbocycles. The van der Waals surface area contributed by atoms with E-state index < -0.39 is 6.04 Å². The van der Waals surface area contributed by atoms with Crippen molar-refractivity contribution < 1.29 is 4.79 Å². The fraction of sp³-hybridized carbons (Fsp3) is 0.353. The van der Waals surface area contributed by atoms with Crippen LogP contribution in [0.5, 0.6) is 0 Å². The zero-order valence-electron chi connectivity index (χ0n) is 12.5. The van der Waals surface area contributed by atoms with E-state index in [4.69, 9.17) is 5.73 Å². The Balaban J connectivity index is 1.99. The molecule has 3 N–H and O–H groups in total. The normalized spacial score (nSPS) is 13.9. The molecule has 2 atom stereocenters. The van der Waals surface area contributed by atoms with E-state index in [1.54, 1.807) is 11.3 Å². The summed E-state index contributed by atoms with van der Waals surface area (Å²) in [4.78, 5) is 13.5. The molecular formula is C17H22N2OS. The third kappa shape index (κ3) is 4.41. The number of benzene rings is 1. The SMILES string of the molecule is CC(C)C(NC(=O)C(N)Cc1ccccc1)c1cccs1. The number of hydrogen-bond donors (Lipinski definition) is 2. The minimum Gasteiger partial charge on any atom is -0.347 e. The third-order valence-corrected chi connectivity index (χ3v) is 4.40. The molecular weight excluding hydrogens is 280 g/mol. The minimum absolute atomic E-state index is 0.0272. The molecule has 0 spiro atoms. The van der Waals surface area contributed by atoms with Crippen LogP contribution in [0.2, 0.25) is 0 Å². The van der Waals surface area contributed by atoms with Crippen LogP contribution in [-0.2, 0) is 11.2 Å². The van der Waals surface area contributed by atoms with Gasteiger partial charge >= 0.3 is 0 Å². The molecule has 2 unspecified atom stereocenters. The predicted octanol–water partition coefficient (Wildman–Crippen LogP) is 3.13. The Kier molecular flexibility index (Phi) is 5.53. The molecule has 0 radical (unpaired) electrons. The van der Waals surface area contributed by atoms with Crippen molar-refractivity contribution in [1.82, 2.24) is 5.32 Å². The van der Waals surface area contributed by atoms with Crippen molar-refractivity contribution in [1.29, 1.82) is 0 Å². The maximum Gasteiger partial charge on any atom is 0.237 e. The molecule has 1 amide bonds. The van der Waals surface area contributed by atoms with Gasteiger partial charge in [-0.05, 0) is 29.3 Å². The van der Waals surface area contributed by atoms with Gasteiger partial charge in [0.1, 0.15) is 0 Å². The van der Waals surface area contributed by atoms with Crippen molar-refractivity contribution in [3.05, 3.63) is 58.3 Å². The van der Waals surface area contributed by atoms with E-state index >= 15 is 0 Å². The Morgan fingerprint density at radius 2 is 1.90 bits per heavy atom. The molecule has 112 valence electrons. The lowest BCUT2D eigenvalue weighted by Gasteiger charge is -2.23. The summed E-state index contributed by atoms with van der Waals surface area (Å²) < 4.78 is 0. The molecule has 4 heteroatoms. The molecule has 2 rings (SSSR count). The smallest absolute Gasteiger partial charge is 0.237 e. The number of carbonyl (C=O) groups is 1. The first-order valence-electron chi connectivity index (χ1n) is 7.21. The van der Waals surface area contributed by atoms with Gasteiger partial charge in [-0.1, -0.05) is 50.2 Å². The summed E-state index contributed by atoms with van der Waals surface area (Å²) in [6, 6.07) is 13.4. The lowest BCUT2D eigenvalue weighted by Crippen LogP contribution is -2.44. The van der Waals surface area contributed by atoms with Crippen molar-refractivity contribution in [2.24, 2.45) is 11.7 Å². The lowest BCUT2D eigenvalue weighted by molar-refractivity contribution is -0.123. The Labute approximate surface area is 130 Å². The van der Waals surface area contributed by atoms with Gasteiger partial charge in [0.2, 0.25) is 5.91 Å². The minimum atomic E-state index is -0.520.